The molecular formula is C16H22N2O. The molecule has 1 heterocycles. The first-order valence-corrected chi connectivity index (χ1v) is 7.45. The largest absolute Gasteiger partial charge is 0.312 e. The summed E-state index contributed by atoms with van der Waals surface area (Å²) in [4.78, 5) is 14.5. The number of rotatable bonds is 3. The van der Waals surface area contributed by atoms with Crippen molar-refractivity contribution in [2.45, 2.75) is 38.6 Å². The number of hydrogen-bond donors (Lipinski definition) is 1. The van der Waals surface area contributed by atoms with Gasteiger partial charge in [0.15, 0.2) is 0 Å². The molecule has 0 bridgehead atoms. The summed E-state index contributed by atoms with van der Waals surface area (Å²) in [5, 5.41) is 3.55. The zero-order valence-corrected chi connectivity index (χ0v) is 11.6. The van der Waals surface area contributed by atoms with Gasteiger partial charge in [-0.15, -0.1) is 0 Å². The third-order valence-corrected chi connectivity index (χ3v) is 4.12. The van der Waals surface area contributed by atoms with Gasteiger partial charge in [-0.1, -0.05) is 25.1 Å². The second kappa shape index (κ2) is 5.33. The minimum absolute atomic E-state index is 0.295. The van der Waals surface area contributed by atoms with Gasteiger partial charge in [0.1, 0.15) is 0 Å². The van der Waals surface area contributed by atoms with E-state index < -0.39 is 0 Å². The van der Waals surface area contributed by atoms with Gasteiger partial charge in [0.25, 0.3) is 0 Å². The number of para-hydroxylation sites is 1. The lowest BCUT2D eigenvalue weighted by molar-refractivity contribution is -0.119. The molecule has 1 fully saturated rings. The molecule has 1 aliphatic heterocycles. The van der Waals surface area contributed by atoms with E-state index in [-0.39, 0.29) is 0 Å². The first-order valence-electron chi connectivity index (χ1n) is 7.45. The van der Waals surface area contributed by atoms with E-state index in [1.807, 2.05) is 11.0 Å². The van der Waals surface area contributed by atoms with Crippen molar-refractivity contribution in [1.82, 2.24) is 5.32 Å². The first-order chi connectivity index (χ1) is 9.31. The van der Waals surface area contributed by atoms with Crippen molar-refractivity contribution >= 4 is 11.6 Å². The predicted octanol–water partition coefficient (Wildman–Crippen LogP) is 2.87. The van der Waals surface area contributed by atoms with Crippen LogP contribution in [-0.4, -0.2) is 19.0 Å². The van der Waals surface area contributed by atoms with Crippen LogP contribution in [0.3, 0.4) is 0 Å². The van der Waals surface area contributed by atoms with E-state index >= 15 is 0 Å². The van der Waals surface area contributed by atoms with Crippen LogP contribution in [0.15, 0.2) is 24.3 Å². The summed E-state index contributed by atoms with van der Waals surface area (Å²) in [6, 6.07) is 8.78. The Morgan fingerprint density at radius 1 is 1.32 bits per heavy atom. The number of carbonyl (C=O) groups excluding carboxylic acids is 1. The summed E-state index contributed by atoms with van der Waals surface area (Å²) in [5.41, 5.74) is 2.42. The van der Waals surface area contributed by atoms with Crippen LogP contribution in [0.25, 0.3) is 0 Å². The minimum atomic E-state index is 0.295. The second-order valence-electron chi connectivity index (χ2n) is 5.58. The molecule has 1 saturated carbocycles. The van der Waals surface area contributed by atoms with Crippen LogP contribution in [-0.2, 0) is 4.79 Å². The van der Waals surface area contributed by atoms with Crippen molar-refractivity contribution in [3.63, 3.8) is 0 Å². The van der Waals surface area contributed by atoms with Gasteiger partial charge >= 0.3 is 0 Å². The molecule has 1 aromatic carbocycles. The molecule has 0 radical (unpaired) electrons. The number of amides is 1. The van der Waals surface area contributed by atoms with Crippen molar-refractivity contribution in [3.8, 4) is 0 Å². The molecule has 0 spiro atoms. The molecule has 0 saturated heterocycles. The first kappa shape index (κ1) is 12.7. The molecule has 0 aromatic heterocycles. The molecule has 102 valence electrons. The third-order valence-electron chi connectivity index (χ3n) is 4.12. The number of anilines is 1. The van der Waals surface area contributed by atoms with Gasteiger partial charge in [0.05, 0.1) is 0 Å². The average Bonchev–Trinajstić information content (AvgIpc) is 3.26. The number of hydrogen-bond acceptors (Lipinski definition) is 2. The highest BCUT2D eigenvalue weighted by Gasteiger charge is 2.35. The van der Waals surface area contributed by atoms with Crippen molar-refractivity contribution in [2.24, 2.45) is 5.92 Å². The fraction of sp³-hybridized carbons (Fsp3) is 0.562. The van der Waals surface area contributed by atoms with E-state index in [0.717, 1.165) is 44.5 Å². The van der Waals surface area contributed by atoms with E-state index in [4.69, 9.17) is 0 Å². The molecule has 3 nitrogen and oxygen atoms in total. The summed E-state index contributed by atoms with van der Waals surface area (Å²) in [7, 11) is 0. The maximum atomic E-state index is 12.4. The summed E-state index contributed by atoms with van der Waals surface area (Å²) in [6.07, 6.45) is 4.34. The Kier molecular flexibility index (Phi) is 3.56. The van der Waals surface area contributed by atoms with Crippen molar-refractivity contribution in [2.75, 3.05) is 18.0 Å². The van der Waals surface area contributed by atoms with Crippen LogP contribution in [0.5, 0.6) is 0 Å². The SMILES string of the molecule is CCNC1CCCN(C(=O)C2CC2)c2ccccc21. The molecule has 1 aliphatic carbocycles. The highest BCUT2D eigenvalue weighted by atomic mass is 16.2. The topological polar surface area (TPSA) is 32.3 Å². The fourth-order valence-electron chi connectivity index (χ4n) is 3.00. The molecule has 1 atom stereocenters. The maximum Gasteiger partial charge on any atom is 0.230 e. The zero-order chi connectivity index (χ0) is 13.2. The third kappa shape index (κ3) is 2.52. The minimum Gasteiger partial charge on any atom is -0.312 e. The Labute approximate surface area is 115 Å². The molecule has 1 N–H and O–H groups in total. The normalized spacial score (nSPS) is 22.8. The standard InChI is InChI=1S/C16H22N2O/c1-2-17-14-7-5-11-18(16(19)12-9-10-12)15-8-4-3-6-13(14)15/h3-4,6,8,12,14,17H,2,5,7,9-11H2,1H3. The van der Waals surface area contributed by atoms with Gasteiger partial charge in [-0.2, -0.15) is 0 Å². The highest BCUT2D eigenvalue weighted by molar-refractivity contribution is 5.97. The van der Waals surface area contributed by atoms with E-state index in [9.17, 15) is 4.79 Å². The zero-order valence-electron chi connectivity index (χ0n) is 11.6. The van der Waals surface area contributed by atoms with Crippen LogP contribution >= 0.6 is 0 Å². The Morgan fingerprint density at radius 3 is 2.84 bits per heavy atom. The second-order valence-corrected chi connectivity index (χ2v) is 5.58. The summed E-state index contributed by atoms with van der Waals surface area (Å²) >= 11 is 0. The number of benzene rings is 1. The summed E-state index contributed by atoms with van der Waals surface area (Å²) < 4.78 is 0. The number of carbonyl (C=O) groups is 1. The number of fused-ring (bicyclic) bond motifs is 1. The van der Waals surface area contributed by atoms with Crippen molar-refractivity contribution in [1.29, 1.82) is 0 Å². The average molecular weight is 258 g/mol. The van der Waals surface area contributed by atoms with Gasteiger partial charge < -0.3 is 10.2 Å². The number of nitrogens with zero attached hydrogens (tertiary/aromatic N) is 1. The molecule has 2 aliphatic rings. The summed E-state index contributed by atoms with van der Waals surface area (Å²) in [5.74, 6) is 0.633. The van der Waals surface area contributed by atoms with Crippen molar-refractivity contribution in [3.05, 3.63) is 29.8 Å². The van der Waals surface area contributed by atoms with E-state index in [0.29, 0.717) is 17.9 Å². The monoisotopic (exact) mass is 258 g/mol. The molecule has 19 heavy (non-hydrogen) atoms. The maximum absolute atomic E-state index is 12.4. The molecular weight excluding hydrogens is 236 g/mol. The number of nitrogens with one attached hydrogen (secondary N) is 1. The van der Waals surface area contributed by atoms with Crippen LogP contribution in [0, 0.1) is 5.92 Å². The van der Waals surface area contributed by atoms with Crippen LogP contribution in [0.2, 0.25) is 0 Å². The molecule has 1 amide bonds. The highest BCUT2D eigenvalue weighted by Crippen LogP contribution is 2.37. The summed E-state index contributed by atoms with van der Waals surface area (Å²) in [6.45, 7) is 3.98. The van der Waals surface area contributed by atoms with E-state index in [1.54, 1.807) is 0 Å². The lowest BCUT2D eigenvalue weighted by Gasteiger charge is -2.24. The fourth-order valence-corrected chi connectivity index (χ4v) is 3.00. The van der Waals surface area contributed by atoms with Gasteiger partial charge in [0, 0.05) is 24.2 Å². The molecule has 1 aromatic rings. The molecule has 1 unspecified atom stereocenters. The van der Waals surface area contributed by atoms with E-state index in [2.05, 4.69) is 30.4 Å². The Hall–Kier alpha value is -1.35. The Morgan fingerprint density at radius 2 is 2.11 bits per heavy atom. The van der Waals surface area contributed by atoms with Crippen LogP contribution in [0.1, 0.15) is 44.2 Å². The van der Waals surface area contributed by atoms with Crippen LogP contribution in [0.4, 0.5) is 5.69 Å². The Balaban J connectivity index is 1.94. The van der Waals surface area contributed by atoms with Crippen LogP contribution < -0.4 is 10.2 Å². The molecule has 3 rings (SSSR count). The van der Waals surface area contributed by atoms with Gasteiger partial charge in [-0.25, -0.2) is 0 Å². The Bertz CT molecular complexity index is 468. The van der Waals surface area contributed by atoms with Crippen molar-refractivity contribution < 1.29 is 4.79 Å². The predicted molar refractivity (Wildman–Crippen MR) is 77.2 cm³/mol. The smallest absolute Gasteiger partial charge is 0.230 e. The van der Waals surface area contributed by atoms with Gasteiger partial charge in [-0.05, 0) is 43.9 Å². The lowest BCUT2D eigenvalue weighted by Crippen LogP contribution is -2.33. The van der Waals surface area contributed by atoms with E-state index in [1.165, 1.54) is 5.56 Å². The quantitative estimate of drug-likeness (QED) is 0.904. The van der Waals surface area contributed by atoms with Gasteiger partial charge in [0.2, 0.25) is 5.91 Å². The lowest BCUT2D eigenvalue weighted by atomic mass is 10.0. The van der Waals surface area contributed by atoms with Gasteiger partial charge in [-0.3, -0.25) is 4.79 Å². The molecule has 3 heteroatoms.